The highest BCUT2D eigenvalue weighted by Gasteiger charge is 2.21. The van der Waals surface area contributed by atoms with Gasteiger partial charge >= 0.3 is 0 Å². The second-order valence-electron chi connectivity index (χ2n) is 5.19. The Hall–Kier alpha value is -1.06. The summed E-state index contributed by atoms with van der Waals surface area (Å²) >= 11 is 0. The van der Waals surface area contributed by atoms with E-state index in [1.807, 2.05) is 0 Å². The van der Waals surface area contributed by atoms with Crippen LogP contribution in [0.15, 0.2) is 18.2 Å². The topological polar surface area (TPSA) is 27.3 Å². The van der Waals surface area contributed by atoms with Crippen molar-refractivity contribution < 1.29 is 0 Å². The molecule has 3 rings (SSSR count). The van der Waals surface area contributed by atoms with Crippen LogP contribution in [0, 0.1) is 0 Å². The van der Waals surface area contributed by atoms with Crippen molar-refractivity contribution in [2.45, 2.75) is 19.4 Å². The minimum Gasteiger partial charge on any atom is -0.384 e. The van der Waals surface area contributed by atoms with Gasteiger partial charge in [0.25, 0.3) is 0 Å². The first-order valence-electron chi connectivity index (χ1n) is 6.63. The Morgan fingerprint density at radius 3 is 2.94 bits per heavy atom. The molecule has 3 nitrogen and oxygen atoms in total. The summed E-state index contributed by atoms with van der Waals surface area (Å²) in [6.07, 6.45) is 0. The van der Waals surface area contributed by atoms with Gasteiger partial charge in [-0.05, 0) is 11.1 Å². The van der Waals surface area contributed by atoms with E-state index in [1.165, 1.54) is 29.9 Å². The molecular formula is C14H21N3. The third-order valence-corrected chi connectivity index (χ3v) is 3.90. The molecule has 2 heterocycles. The normalized spacial score (nSPS) is 24.4. The van der Waals surface area contributed by atoms with E-state index in [4.69, 9.17) is 0 Å². The molecule has 0 aliphatic carbocycles. The number of benzene rings is 1. The molecule has 0 aromatic heterocycles. The fraction of sp³-hybridized carbons (Fsp3) is 0.571. The fourth-order valence-corrected chi connectivity index (χ4v) is 2.85. The average Bonchev–Trinajstić information content (AvgIpc) is 2.74. The summed E-state index contributed by atoms with van der Waals surface area (Å²) in [4.78, 5) is 2.54. The van der Waals surface area contributed by atoms with Gasteiger partial charge in [-0.1, -0.05) is 25.1 Å². The first-order valence-corrected chi connectivity index (χ1v) is 6.63. The second-order valence-corrected chi connectivity index (χ2v) is 5.19. The van der Waals surface area contributed by atoms with Crippen molar-refractivity contribution >= 4 is 5.69 Å². The number of nitrogens with one attached hydrogen (secondary N) is 2. The van der Waals surface area contributed by atoms with Crippen LogP contribution in [0.4, 0.5) is 5.69 Å². The van der Waals surface area contributed by atoms with Gasteiger partial charge in [-0.15, -0.1) is 0 Å². The lowest BCUT2D eigenvalue weighted by molar-refractivity contribution is 0.233. The zero-order valence-electron chi connectivity index (χ0n) is 10.5. The summed E-state index contributed by atoms with van der Waals surface area (Å²) in [5.41, 5.74) is 4.37. The molecule has 2 aliphatic rings. The van der Waals surface area contributed by atoms with Crippen molar-refractivity contribution in [3.8, 4) is 0 Å². The van der Waals surface area contributed by atoms with E-state index in [-0.39, 0.29) is 0 Å². The molecule has 1 aromatic carbocycles. The summed E-state index contributed by atoms with van der Waals surface area (Å²) in [6.45, 7) is 9.06. The molecule has 2 N–H and O–H groups in total. The zero-order chi connectivity index (χ0) is 11.7. The number of hydrogen-bond donors (Lipinski definition) is 2. The van der Waals surface area contributed by atoms with Crippen LogP contribution in [-0.4, -0.2) is 37.6 Å². The Morgan fingerprint density at radius 2 is 2.12 bits per heavy atom. The minimum absolute atomic E-state index is 0.660. The smallest absolute Gasteiger partial charge is 0.0422 e. The van der Waals surface area contributed by atoms with E-state index in [2.05, 4.69) is 40.7 Å². The van der Waals surface area contributed by atoms with Crippen molar-refractivity contribution in [2.24, 2.45) is 0 Å². The Morgan fingerprint density at radius 1 is 1.29 bits per heavy atom. The largest absolute Gasteiger partial charge is 0.384 e. The third kappa shape index (κ3) is 2.17. The van der Waals surface area contributed by atoms with Gasteiger partial charge in [-0.25, -0.2) is 0 Å². The molecule has 1 unspecified atom stereocenters. The van der Waals surface area contributed by atoms with Gasteiger partial charge in [0.1, 0.15) is 0 Å². The first kappa shape index (κ1) is 11.1. The number of nitrogens with zero attached hydrogens (tertiary/aromatic N) is 1. The van der Waals surface area contributed by atoms with E-state index in [1.54, 1.807) is 0 Å². The van der Waals surface area contributed by atoms with Crippen LogP contribution in [0.5, 0.6) is 0 Å². The predicted octanol–water partition coefficient (Wildman–Crippen LogP) is 1.62. The summed E-state index contributed by atoms with van der Waals surface area (Å²) in [6, 6.07) is 6.74. The molecule has 0 bridgehead atoms. The highest BCUT2D eigenvalue weighted by atomic mass is 15.2. The molecule has 1 fully saturated rings. The molecule has 2 aliphatic heterocycles. The molecule has 92 valence electrons. The number of piperazine rings is 1. The fourth-order valence-electron chi connectivity index (χ4n) is 2.85. The zero-order valence-corrected chi connectivity index (χ0v) is 10.5. The van der Waals surface area contributed by atoms with E-state index in [0.717, 1.165) is 26.2 Å². The monoisotopic (exact) mass is 231 g/mol. The number of hydrogen-bond acceptors (Lipinski definition) is 3. The van der Waals surface area contributed by atoms with E-state index in [0.29, 0.717) is 5.92 Å². The van der Waals surface area contributed by atoms with Crippen molar-refractivity contribution in [2.75, 3.05) is 38.0 Å². The van der Waals surface area contributed by atoms with Gasteiger partial charge < -0.3 is 10.6 Å². The summed E-state index contributed by atoms with van der Waals surface area (Å²) in [5, 5.41) is 6.97. The standard InChI is InChI=1S/C14H21N3/c1-11-9-16-14-12(3-2-4-13(11)14)10-17-7-5-15-6-8-17/h2-4,11,15-16H,5-10H2,1H3. The molecular weight excluding hydrogens is 210 g/mol. The third-order valence-electron chi connectivity index (χ3n) is 3.90. The van der Waals surface area contributed by atoms with Gasteiger partial charge in [0.05, 0.1) is 0 Å². The lowest BCUT2D eigenvalue weighted by atomic mass is 10.0. The summed E-state index contributed by atoms with van der Waals surface area (Å²) < 4.78 is 0. The maximum absolute atomic E-state index is 3.57. The van der Waals surface area contributed by atoms with Crippen LogP contribution in [0.2, 0.25) is 0 Å². The van der Waals surface area contributed by atoms with Crippen LogP contribution in [0.25, 0.3) is 0 Å². The van der Waals surface area contributed by atoms with Gasteiger partial charge in [0.15, 0.2) is 0 Å². The lowest BCUT2D eigenvalue weighted by Crippen LogP contribution is -2.42. The van der Waals surface area contributed by atoms with Gasteiger partial charge in [-0.3, -0.25) is 4.90 Å². The van der Waals surface area contributed by atoms with Crippen molar-refractivity contribution in [1.82, 2.24) is 10.2 Å². The van der Waals surface area contributed by atoms with Gasteiger partial charge in [0.2, 0.25) is 0 Å². The van der Waals surface area contributed by atoms with Gasteiger partial charge in [-0.2, -0.15) is 0 Å². The highest BCUT2D eigenvalue weighted by molar-refractivity contribution is 5.62. The molecule has 3 heteroatoms. The molecule has 0 spiro atoms. The lowest BCUT2D eigenvalue weighted by Gasteiger charge is -2.27. The van der Waals surface area contributed by atoms with Crippen LogP contribution in [-0.2, 0) is 6.54 Å². The Bertz CT molecular complexity index is 396. The van der Waals surface area contributed by atoms with Gasteiger partial charge in [0, 0.05) is 50.9 Å². The molecule has 17 heavy (non-hydrogen) atoms. The molecule has 1 atom stereocenters. The summed E-state index contributed by atoms with van der Waals surface area (Å²) in [7, 11) is 0. The van der Waals surface area contributed by atoms with Crippen LogP contribution in [0.1, 0.15) is 24.0 Å². The number of rotatable bonds is 2. The molecule has 0 amide bonds. The molecule has 1 saturated heterocycles. The van der Waals surface area contributed by atoms with Crippen LogP contribution < -0.4 is 10.6 Å². The molecule has 0 saturated carbocycles. The summed E-state index contributed by atoms with van der Waals surface area (Å²) in [5.74, 6) is 0.660. The number of fused-ring (bicyclic) bond motifs is 1. The quantitative estimate of drug-likeness (QED) is 0.810. The Labute approximate surface area is 103 Å². The second kappa shape index (κ2) is 4.67. The Balaban J connectivity index is 1.79. The predicted molar refractivity (Wildman–Crippen MR) is 71.5 cm³/mol. The van der Waals surface area contributed by atoms with Crippen molar-refractivity contribution in [3.05, 3.63) is 29.3 Å². The van der Waals surface area contributed by atoms with Crippen molar-refractivity contribution in [1.29, 1.82) is 0 Å². The minimum atomic E-state index is 0.660. The Kier molecular flexibility index (Phi) is 3.04. The maximum atomic E-state index is 3.57. The van der Waals surface area contributed by atoms with E-state index in [9.17, 15) is 0 Å². The molecule has 1 aromatic rings. The van der Waals surface area contributed by atoms with Crippen LogP contribution in [0.3, 0.4) is 0 Å². The van der Waals surface area contributed by atoms with Crippen molar-refractivity contribution in [3.63, 3.8) is 0 Å². The maximum Gasteiger partial charge on any atom is 0.0422 e. The average molecular weight is 231 g/mol. The number of para-hydroxylation sites is 1. The SMILES string of the molecule is CC1CNc2c(CN3CCNCC3)cccc21. The van der Waals surface area contributed by atoms with Crippen LogP contribution >= 0.6 is 0 Å². The highest BCUT2D eigenvalue weighted by Crippen LogP contribution is 2.34. The molecule has 0 radical (unpaired) electrons. The number of anilines is 1. The van der Waals surface area contributed by atoms with E-state index >= 15 is 0 Å². The van der Waals surface area contributed by atoms with E-state index < -0.39 is 0 Å². The first-order chi connectivity index (χ1) is 8.34.